The van der Waals surface area contributed by atoms with Crippen LogP contribution >= 0.6 is 0 Å². The van der Waals surface area contributed by atoms with Crippen LogP contribution in [0.2, 0.25) is 0 Å². The highest BCUT2D eigenvalue weighted by Crippen LogP contribution is 2.07. The largest absolute Gasteiger partial charge is 0.353 e. The lowest BCUT2D eigenvalue weighted by Crippen LogP contribution is -2.54. The molecule has 1 fully saturated rings. The number of aliphatic imine (C=N–C) groups is 1. The van der Waals surface area contributed by atoms with Gasteiger partial charge >= 0.3 is 0 Å². The second-order valence-electron chi connectivity index (χ2n) is 7.84. The summed E-state index contributed by atoms with van der Waals surface area (Å²) in [5.41, 5.74) is 1.25. The quantitative estimate of drug-likeness (QED) is 0.528. The maximum Gasteiger partial charge on any atom is 0.234 e. The number of hydrogen-bond acceptors (Lipinski definition) is 4. The molecule has 0 saturated carbocycles. The van der Waals surface area contributed by atoms with E-state index in [-0.39, 0.29) is 11.9 Å². The lowest BCUT2D eigenvalue weighted by Gasteiger charge is -2.36. The summed E-state index contributed by atoms with van der Waals surface area (Å²) in [5, 5.41) is 6.40. The number of hydrogen-bond donors (Lipinski definition) is 2. The molecule has 2 N–H and O–H groups in total. The third kappa shape index (κ3) is 6.32. The van der Waals surface area contributed by atoms with Crippen molar-refractivity contribution in [1.82, 2.24) is 30.0 Å². The van der Waals surface area contributed by atoms with E-state index in [2.05, 4.69) is 59.2 Å². The van der Waals surface area contributed by atoms with Crippen molar-refractivity contribution in [3.05, 3.63) is 54.1 Å². The molecule has 1 saturated heterocycles. The monoisotopic (exact) mass is 411 g/mol. The maximum absolute atomic E-state index is 12.0. The van der Waals surface area contributed by atoms with E-state index in [1.54, 1.807) is 7.05 Å². The van der Waals surface area contributed by atoms with Gasteiger partial charge in [0.15, 0.2) is 5.96 Å². The standard InChI is InChI=1S/C22H33N7O/c1-18(2)26-21(30)17-27-11-13-28(14-12-27)22(23-3)25-15-20-24-9-10-29(20)16-19-7-5-4-6-8-19/h4-10,18H,11-17H2,1-3H3,(H,23,25)(H,26,30). The number of rotatable bonds is 7. The highest BCUT2D eigenvalue weighted by molar-refractivity contribution is 5.80. The smallest absolute Gasteiger partial charge is 0.234 e. The molecule has 8 nitrogen and oxygen atoms in total. The van der Waals surface area contributed by atoms with E-state index in [9.17, 15) is 4.79 Å². The van der Waals surface area contributed by atoms with Crippen LogP contribution in [0.1, 0.15) is 25.2 Å². The molecule has 2 heterocycles. The molecule has 1 aromatic carbocycles. The molecule has 1 aromatic heterocycles. The zero-order chi connectivity index (χ0) is 21.3. The number of benzene rings is 1. The second-order valence-corrected chi connectivity index (χ2v) is 7.84. The SMILES string of the molecule is CN=C(NCc1nccn1Cc1ccccc1)N1CCN(CC(=O)NC(C)C)CC1. The van der Waals surface area contributed by atoms with Crippen molar-refractivity contribution in [2.45, 2.75) is 33.0 Å². The molecular formula is C22H33N7O. The Balaban J connectivity index is 1.48. The summed E-state index contributed by atoms with van der Waals surface area (Å²) in [6.07, 6.45) is 3.84. The van der Waals surface area contributed by atoms with Crippen molar-refractivity contribution in [2.75, 3.05) is 39.8 Å². The Morgan fingerprint density at radius 3 is 2.57 bits per heavy atom. The average Bonchev–Trinajstić information content (AvgIpc) is 3.16. The summed E-state index contributed by atoms with van der Waals surface area (Å²) >= 11 is 0. The number of guanidine groups is 1. The molecule has 3 rings (SSSR count). The van der Waals surface area contributed by atoms with Crippen molar-refractivity contribution >= 4 is 11.9 Å². The van der Waals surface area contributed by atoms with E-state index in [0.29, 0.717) is 13.1 Å². The van der Waals surface area contributed by atoms with Gasteiger partial charge in [-0.1, -0.05) is 30.3 Å². The summed E-state index contributed by atoms with van der Waals surface area (Å²) in [4.78, 5) is 25.4. The average molecular weight is 412 g/mol. The minimum Gasteiger partial charge on any atom is -0.353 e. The van der Waals surface area contributed by atoms with E-state index < -0.39 is 0 Å². The van der Waals surface area contributed by atoms with E-state index >= 15 is 0 Å². The number of carbonyl (C=O) groups is 1. The predicted molar refractivity (Wildman–Crippen MR) is 119 cm³/mol. The molecule has 1 aliphatic heterocycles. The summed E-state index contributed by atoms with van der Waals surface area (Å²) in [6, 6.07) is 10.6. The van der Waals surface area contributed by atoms with Crippen LogP contribution in [-0.2, 0) is 17.9 Å². The zero-order valence-electron chi connectivity index (χ0n) is 18.2. The van der Waals surface area contributed by atoms with Gasteiger partial charge < -0.3 is 20.1 Å². The van der Waals surface area contributed by atoms with Gasteiger partial charge in [-0.3, -0.25) is 14.7 Å². The second kappa shape index (κ2) is 10.8. The van der Waals surface area contributed by atoms with Crippen molar-refractivity contribution in [2.24, 2.45) is 4.99 Å². The number of carbonyl (C=O) groups excluding carboxylic acids is 1. The molecule has 0 bridgehead atoms. The molecule has 1 aliphatic rings. The Morgan fingerprint density at radius 2 is 1.90 bits per heavy atom. The Bertz CT molecular complexity index is 823. The number of amides is 1. The molecule has 8 heteroatoms. The summed E-state index contributed by atoms with van der Waals surface area (Å²) in [5.74, 6) is 1.94. The van der Waals surface area contributed by atoms with Crippen LogP contribution in [0.5, 0.6) is 0 Å². The van der Waals surface area contributed by atoms with Gasteiger partial charge in [0.2, 0.25) is 5.91 Å². The Hall–Kier alpha value is -2.87. The highest BCUT2D eigenvalue weighted by Gasteiger charge is 2.21. The molecule has 0 atom stereocenters. The molecule has 2 aromatic rings. The van der Waals surface area contributed by atoms with Crippen LogP contribution in [0.25, 0.3) is 0 Å². The molecule has 0 unspecified atom stereocenters. The summed E-state index contributed by atoms with van der Waals surface area (Å²) in [7, 11) is 1.81. The fourth-order valence-corrected chi connectivity index (χ4v) is 3.61. The molecule has 0 aliphatic carbocycles. The normalized spacial score (nSPS) is 15.5. The van der Waals surface area contributed by atoms with Crippen molar-refractivity contribution in [1.29, 1.82) is 0 Å². The minimum absolute atomic E-state index is 0.0891. The van der Waals surface area contributed by atoms with Gasteiger partial charge in [0.25, 0.3) is 0 Å². The van der Waals surface area contributed by atoms with E-state index in [1.807, 2.05) is 32.3 Å². The number of nitrogens with one attached hydrogen (secondary N) is 2. The Labute approximate surface area is 179 Å². The number of imidazole rings is 1. The molecule has 162 valence electrons. The minimum atomic E-state index is 0.0891. The van der Waals surface area contributed by atoms with Gasteiger partial charge in [0.1, 0.15) is 5.82 Å². The summed E-state index contributed by atoms with van der Waals surface area (Å²) in [6.45, 7) is 9.20. The van der Waals surface area contributed by atoms with E-state index in [0.717, 1.165) is 44.5 Å². The van der Waals surface area contributed by atoms with Crippen LogP contribution in [0.4, 0.5) is 0 Å². The fraction of sp³-hybridized carbons (Fsp3) is 0.500. The third-order valence-corrected chi connectivity index (χ3v) is 5.10. The first-order chi connectivity index (χ1) is 14.5. The molecule has 0 radical (unpaired) electrons. The number of nitrogens with zero attached hydrogens (tertiary/aromatic N) is 5. The first-order valence-electron chi connectivity index (χ1n) is 10.6. The topological polar surface area (TPSA) is 77.8 Å². The molecule has 0 spiro atoms. The zero-order valence-corrected chi connectivity index (χ0v) is 18.2. The maximum atomic E-state index is 12.0. The van der Waals surface area contributed by atoms with Crippen molar-refractivity contribution in [3.8, 4) is 0 Å². The summed E-state index contributed by atoms with van der Waals surface area (Å²) < 4.78 is 2.15. The van der Waals surface area contributed by atoms with Gasteiger partial charge in [-0.15, -0.1) is 0 Å². The first-order valence-corrected chi connectivity index (χ1v) is 10.6. The van der Waals surface area contributed by atoms with Crippen molar-refractivity contribution < 1.29 is 4.79 Å². The predicted octanol–water partition coefficient (Wildman–Crippen LogP) is 1.15. The Morgan fingerprint density at radius 1 is 1.17 bits per heavy atom. The van der Waals surface area contributed by atoms with Gasteiger partial charge in [-0.2, -0.15) is 0 Å². The third-order valence-electron chi connectivity index (χ3n) is 5.10. The molecule has 1 amide bonds. The first kappa shape index (κ1) is 21.8. The van der Waals surface area contributed by atoms with Crippen LogP contribution < -0.4 is 10.6 Å². The lowest BCUT2D eigenvalue weighted by atomic mass is 10.2. The van der Waals surface area contributed by atoms with E-state index in [4.69, 9.17) is 0 Å². The van der Waals surface area contributed by atoms with Gasteiger partial charge in [0.05, 0.1) is 13.1 Å². The molecule has 30 heavy (non-hydrogen) atoms. The van der Waals surface area contributed by atoms with Crippen LogP contribution in [0.15, 0.2) is 47.7 Å². The Kier molecular flexibility index (Phi) is 7.84. The van der Waals surface area contributed by atoms with Gasteiger partial charge in [-0.05, 0) is 19.4 Å². The molecular weight excluding hydrogens is 378 g/mol. The highest BCUT2D eigenvalue weighted by atomic mass is 16.2. The number of piperazine rings is 1. The van der Waals surface area contributed by atoms with E-state index in [1.165, 1.54) is 5.56 Å². The lowest BCUT2D eigenvalue weighted by molar-refractivity contribution is -0.123. The van der Waals surface area contributed by atoms with Crippen LogP contribution in [-0.4, -0.2) is 77.0 Å². The van der Waals surface area contributed by atoms with Crippen LogP contribution in [0, 0.1) is 0 Å². The number of aromatic nitrogens is 2. The van der Waals surface area contributed by atoms with Gasteiger partial charge in [-0.25, -0.2) is 4.98 Å². The fourth-order valence-electron chi connectivity index (χ4n) is 3.61. The van der Waals surface area contributed by atoms with Crippen molar-refractivity contribution in [3.63, 3.8) is 0 Å². The van der Waals surface area contributed by atoms with Crippen LogP contribution in [0.3, 0.4) is 0 Å². The van der Waals surface area contributed by atoms with Gasteiger partial charge in [0, 0.05) is 58.2 Å².